The molecule has 1 atom stereocenters. The highest BCUT2D eigenvalue weighted by atomic mass is 35.5. The van der Waals surface area contributed by atoms with Crippen LogP contribution in [0, 0.1) is 0 Å². The Balaban J connectivity index is 0.000000370. The molecule has 0 aliphatic rings. The van der Waals surface area contributed by atoms with Gasteiger partial charge in [0.15, 0.2) is 0 Å². The Labute approximate surface area is 131 Å². The summed E-state index contributed by atoms with van der Waals surface area (Å²) in [4.78, 5) is 0.0756. The summed E-state index contributed by atoms with van der Waals surface area (Å²) >= 11 is 0. The molecule has 0 heterocycles. The van der Waals surface area contributed by atoms with E-state index in [-0.39, 0.29) is 23.3 Å². The molecule has 0 aliphatic heterocycles. The quantitative estimate of drug-likeness (QED) is 0.732. The van der Waals surface area contributed by atoms with Crippen LogP contribution in [0.15, 0.2) is 59.5 Å². The Kier molecular flexibility index (Phi) is 7.98. The van der Waals surface area contributed by atoms with Gasteiger partial charge in [-0.05, 0) is 36.8 Å². The second-order valence-corrected chi connectivity index (χ2v) is 5.87. The third kappa shape index (κ3) is 7.10. The van der Waals surface area contributed by atoms with Crippen molar-refractivity contribution in [2.75, 3.05) is 5.73 Å². The van der Waals surface area contributed by atoms with Crippen molar-refractivity contribution in [2.24, 2.45) is 10.9 Å². The first-order valence-corrected chi connectivity index (χ1v) is 7.54. The molecule has 21 heavy (non-hydrogen) atoms. The summed E-state index contributed by atoms with van der Waals surface area (Å²) in [7, 11) is -3.58. The highest BCUT2D eigenvalue weighted by Gasteiger charge is 2.04. The lowest BCUT2D eigenvalue weighted by Crippen LogP contribution is -2.11. The molecule has 116 valence electrons. The zero-order valence-electron chi connectivity index (χ0n) is 11.6. The van der Waals surface area contributed by atoms with E-state index in [1.807, 2.05) is 37.3 Å². The van der Waals surface area contributed by atoms with E-state index in [1.54, 1.807) is 0 Å². The van der Waals surface area contributed by atoms with Gasteiger partial charge in [0.05, 0.1) is 4.90 Å². The summed E-state index contributed by atoms with van der Waals surface area (Å²) in [6.07, 6.45) is 0. The van der Waals surface area contributed by atoms with E-state index < -0.39 is 10.0 Å². The maximum absolute atomic E-state index is 10.7. The van der Waals surface area contributed by atoms with Crippen LogP contribution >= 0.6 is 12.4 Å². The third-order valence-corrected chi connectivity index (χ3v) is 3.46. The smallest absolute Gasteiger partial charge is 0.238 e. The van der Waals surface area contributed by atoms with Gasteiger partial charge in [-0.1, -0.05) is 30.3 Å². The number of sulfonamides is 1. The van der Waals surface area contributed by atoms with Gasteiger partial charge in [-0.3, -0.25) is 0 Å². The van der Waals surface area contributed by atoms with Gasteiger partial charge in [-0.25, -0.2) is 13.6 Å². The molecule has 0 radical (unpaired) electrons. The molecular weight excluding hydrogens is 310 g/mol. The van der Waals surface area contributed by atoms with Gasteiger partial charge in [-0.15, -0.1) is 12.4 Å². The van der Waals surface area contributed by atoms with Crippen molar-refractivity contribution < 1.29 is 8.42 Å². The Hall–Kier alpha value is -1.60. The van der Waals surface area contributed by atoms with Gasteiger partial charge in [-0.2, -0.15) is 0 Å². The van der Waals surface area contributed by atoms with Gasteiger partial charge in [0.25, 0.3) is 0 Å². The van der Waals surface area contributed by atoms with Crippen molar-refractivity contribution in [3.05, 3.63) is 60.2 Å². The van der Waals surface area contributed by atoms with Crippen LogP contribution in [0.4, 0.5) is 5.69 Å². The minimum atomic E-state index is -3.58. The van der Waals surface area contributed by atoms with E-state index in [4.69, 9.17) is 16.6 Å². The molecule has 0 saturated carbocycles. The molecule has 7 heteroatoms. The molecule has 5 nitrogen and oxygen atoms in total. The number of anilines is 1. The Morgan fingerprint density at radius 1 is 0.952 bits per heavy atom. The third-order valence-electron chi connectivity index (χ3n) is 2.53. The fraction of sp³-hybridized carbons (Fsp3) is 0.143. The first-order chi connectivity index (χ1) is 9.30. The fourth-order valence-electron chi connectivity index (χ4n) is 1.41. The average Bonchev–Trinajstić information content (AvgIpc) is 2.40. The summed E-state index contributed by atoms with van der Waals surface area (Å²) in [6, 6.07) is 15.9. The van der Waals surface area contributed by atoms with E-state index in [1.165, 1.54) is 29.8 Å². The maximum Gasteiger partial charge on any atom is 0.238 e. The molecule has 0 bridgehead atoms. The van der Waals surface area contributed by atoms with Crippen molar-refractivity contribution in [3.63, 3.8) is 0 Å². The first-order valence-electron chi connectivity index (χ1n) is 5.99. The highest BCUT2D eigenvalue weighted by molar-refractivity contribution is 7.89. The van der Waals surface area contributed by atoms with Gasteiger partial charge >= 0.3 is 0 Å². The molecule has 0 fully saturated rings. The van der Waals surface area contributed by atoms with Crippen LogP contribution in [0.5, 0.6) is 0 Å². The molecular formula is C14H20ClN3O2S. The predicted octanol–water partition coefficient (Wildman–Crippen LogP) is 2.04. The topological polar surface area (TPSA) is 112 Å². The lowest BCUT2D eigenvalue weighted by Gasteiger charge is -2.02. The normalized spacial score (nSPS) is 11.6. The van der Waals surface area contributed by atoms with Crippen LogP contribution in [0.3, 0.4) is 0 Å². The zero-order valence-corrected chi connectivity index (χ0v) is 13.3. The molecule has 0 aromatic heterocycles. The summed E-state index contributed by atoms with van der Waals surface area (Å²) in [5, 5.41) is 4.84. The molecule has 0 spiro atoms. The molecule has 1 unspecified atom stereocenters. The minimum Gasteiger partial charge on any atom is -0.399 e. The molecule has 6 N–H and O–H groups in total. The second kappa shape index (κ2) is 8.63. The minimum absolute atomic E-state index is 0. The number of nitrogens with two attached hydrogens (primary N) is 3. The van der Waals surface area contributed by atoms with Crippen LogP contribution in [0.25, 0.3) is 0 Å². The molecule has 2 rings (SSSR count). The second-order valence-electron chi connectivity index (χ2n) is 4.31. The van der Waals surface area contributed by atoms with Crippen molar-refractivity contribution in [1.82, 2.24) is 0 Å². The van der Waals surface area contributed by atoms with Gasteiger partial charge in [0.2, 0.25) is 10.0 Å². The van der Waals surface area contributed by atoms with E-state index in [9.17, 15) is 8.42 Å². The number of hydrogen-bond acceptors (Lipinski definition) is 4. The molecule has 0 saturated heterocycles. The number of nitrogen functional groups attached to an aromatic ring is 1. The van der Waals surface area contributed by atoms with Crippen molar-refractivity contribution in [1.29, 1.82) is 0 Å². The highest BCUT2D eigenvalue weighted by Crippen LogP contribution is 2.09. The van der Waals surface area contributed by atoms with E-state index in [0.29, 0.717) is 5.69 Å². The predicted molar refractivity (Wildman–Crippen MR) is 88.5 cm³/mol. The summed E-state index contributed by atoms with van der Waals surface area (Å²) < 4.78 is 21.4. The van der Waals surface area contributed by atoms with Crippen LogP contribution in [0.1, 0.15) is 18.5 Å². The summed E-state index contributed by atoms with van der Waals surface area (Å²) in [6.45, 7) is 1.98. The Morgan fingerprint density at radius 3 is 1.76 bits per heavy atom. The van der Waals surface area contributed by atoms with Crippen molar-refractivity contribution in [2.45, 2.75) is 17.9 Å². The number of rotatable bonds is 2. The van der Waals surface area contributed by atoms with E-state index in [2.05, 4.69) is 0 Å². The Bertz CT molecular complexity index is 629. The first kappa shape index (κ1) is 19.4. The monoisotopic (exact) mass is 329 g/mol. The van der Waals surface area contributed by atoms with Crippen LogP contribution in [-0.4, -0.2) is 8.42 Å². The summed E-state index contributed by atoms with van der Waals surface area (Å²) in [5.74, 6) is 0. The number of hydrogen-bond donors (Lipinski definition) is 3. The SMILES string of the molecule is CC(N)c1ccccc1.Cl.Nc1ccc(S(N)(=O)=O)cc1. The van der Waals surface area contributed by atoms with Crippen LogP contribution < -0.4 is 16.6 Å². The van der Waals surface area contributed by atoms with Gasteiger partial charge in [0.1, 0.15) is 0 Å². The van der Waals surface area contributed by atoms with Gasteiger partial charge < -0.3 is 11.5 Å². The number of benzene rings is 2. The van der Waals surface area contributed by atoms with Crippen molar-refractivity contribution in [3.8, 4) is 0 Å². The molecule has 0 aliphatic carbocycles. The fourth-order valence-corrected chi connectivity index (χ4v) is 1.93. The van der Waals surface area contributed by atoms with E-state index >= 15 is 0 Å². The average molecular weight is 330 g/mol. The zero-order chi connectivity index (χ0) is 15.2. The lowest BCUT2D eigenvalue weighted by atomic mass is 10.1. The molecule has 2 aromatic rings. The van der Waals surface area contributed by atoms with Crippen LogP contribution in [0.2, 0.25) is 0 Å². The lowest BCUT2D eigenvalue weighted by molar-refractivity contribution is 0.598. The molecule has 2 aromatic carbocycles. The maximum atomic E-state index is 10.7. The number of halogens is 1. The van der Waals surface area contributed by atoms with Gasteiger partial charge in [0, 0.05) is 11.7 Å². The summed E-state index contributed by atoms with van der Waals surface area (Å²) in [5.41, 5.74) is 12.7. The number of primary sulfonamides is 1. The van der Waals surface area contributed by atoms with E-state index in [0.717, 1.165) is 0 Å². The Morgan fingerprint density at radius 2 is 1.43 bits per heavy atom. The van der Waals surface area contributed by atoms with Crippen molar-refractivity contribution >= 4 is 28.1 Å². The van der Waals surface area contributed by atoms with Crippen LogP contribution in [-0.2, 0) is 10.0 Å². The molecule has 0 amide bonds. The largest absolute Gasteiger partial charge is 0.399 e. The standard InChI is InChI=1S/C8H11N.C6H8N2O2S.ClH/c1-7(9)8-5-3-2-4-6-8;7-5-1-3-6(4-2-5)11(8,9)10;/h2-7H,9H2,1H3;1-4H,7H2,(H2,8,9,10);1H.